The van der Waals surface area contributed by atoms with Gasteiger partial charge in [-0.15, -0.1) is 35.0 Å². The number of alkyl halides is 2. The second-order valence-electron chi connectivity index (χ2n) is 5.28. The van der Waals surface area contributed by atoms with Crippen molar-refractivity contribution in [2.24, 2.45) is 5.92 Å². The fourth-order valence-electron chi connectivity index (χ4n) is 2.11. The first-order valence-electron chi connectivity index (χ1n) is 7.16. The summed E-state index contributed by atoms with van der Waals surface area (Å²) in [5.41, 5.74) is 0. The van der Waals surface area contributed by atoms with Gasteiger partial charge in [-0.2, -0.15) is 8.42 Å². The molecule has 1 saturated heterocycles. The van der Waals surface area contributed by atoms with Gasteiger partial charge in [-0.1, -0.05) is 6.92 Å². The van der Waals surface area contributed by atoms with Crippen LogP contribution >= 0.6 is 42.6 Å². The van der Waals surface area contributed by atoms with Crippen molar-refractivity contribution in [2.75, 3.05) is 43.0 Å². The van der Waals surface area contributed by atoms with Crippen LogP contribution in [0, 0.1) is 5.92 Å². The Morgan fingerprint density at radius 3 is 2.57 bits per heavy atom. The molecule has 0 aromatic heterocycles. The predicted molar refractivity (Wildman–Crippen MR) is 96.1 cm³/mol. The molecule has 0 saturated carbocycles. The molecule has 0 bridgehead atoms. The van der Waals surface area contributed by atoms with E-state index in [4.69, 9.17) is 32.3 Å². The summed E-state index contributed by atoms with van der Waals surface area (Å²) in [4.78, 5) is 0. The molecule has 12 heteroatoms. The van der Waals surface area contributed by atoms with E-state index in [9.17, 15) is 13.0 Å². The Morgan fingerprint density at radius 2 is 2.04 bits per heavy atom. The van der Waals surface area contributed by atoms with Crippen LogP contribution in [0.3, 0.4) is 0 Å². The zero-order valence-electron chi connectivity index (χ0n) is 12.9. The molecule has 0 aromatic rings. The highest BCUT2D eigenvalue weighted by Crippen LogP contribution is 2.50. The van der Waals surface area contributed by atoms with Crippen LogP contribution in [0.1, 0.15) is 13.3 Å². The molecule has 0 aliphatic carbocycles. The van der Waals surface area contributed by atoms with Gasteiger partial charge < -0.3 is 4.52 Å². The highest BCUT2D eigenvalue weighted by Gasteiger charge is 2.37. The van der Waals surface area contributed by atoms with Crippen molar-refractivity contribution in [3.8, 4) is 0 Å². The molecule has 2 N–H and O–H groups in total. The van der Waals surface area contributed by atoms with Gasteiger partial charge in [0.25, 0.3) is 10.1 Å². The molecule has 0 spiro atoms. The number of hydrogen-bond acceptors (Lipinski definition) is 5. The van der Waals surface area contributed by atoms with Crippen LogP contribution in [0.4, 0.5) is 0 Å². The first-order chi connectivity index (χ1) is 10.7. The van der Waals surface area contributed by atoms with Crippen LogP contribution in [0.2, 0.25) is 0 Å². The average molecular weight is 429 g/mol. The first kappa shape index (κ1) is 22.0. The molecule has 23 heavy (non-hydrogen) atoms. The highest BCUT2D eigenvalue weighted by molar-refractivity contribution is 8.00. The summed E-state index contributed by atoms with van der Waals surface area (Å²) in [7, 11) is -7.17. The largest absolute Gasteiger partial charge is 0.344 e. The van der Waals surface area contributed by atoms with Crippen LogP contribution in [0.15, 0.2) is 0 Å². The van der Waals surface area contributed by atoms with E-state index in [-0.39, 0.29) is 17.0 Å². The average Bonchev–Trinajstić information content (AvgIpc) is 2.43. The summed E-state index contributed by atoms with van der Waals surface area (Å²) in [5.74, 6) is 0.652. The van der Waals surface area contributed by atoms with Crippen LogP contribution in [-0.4, -0.2) is 66.0 Å². The number of nitrogens with zero attached hydrogens (tertiary/aromatic N) is 1. The third-order valence-corrected chi connectivity index (χ3v) is 8.42. The Balaban J connectivity index is 2.57. The van der Waals surface area contributed by atoms with Crippen molar-refractivity contribution in [3.63, 3.8) is 0 Å². The molecular formula is C11H23Cl2N2O5PS2. The quantitative estimate of drug-likeness (QED) is 0.311. The minimum Gasteiger partial charge on any atom is -0.306 e. The standard InChI is InChI=1S/C11H23Cl2N2O5PS2/c1-10(9-23(17,18)19)8-22-11-2-7-20-21(16,14-11)15(5-3-12)6-4-13/h10-11H,2-9H2,1H3,(H,14,16)(H,17,18,19). The Labute approximate surface area is 152 Å². The maximum Gasteiger partial charge on any atom is 0.344 e. The lowest BCUT2D eigenvalue weighted by molar-refractivity contribution is 0.227. The summed E-state index contributed by atoms with van der Waals surface area (Å²) < 4.78 is 50.6. The van der Waals surface area contributed by atoms with Crippen molar-refractivity contribution in [1.82, 2.24) is 9.76 Å². The van der Waals surface area contributed by atoms with Gasteiger partial charge in [-0.25, -0.2) is 9.76 Å². The van der Waals surface area contributed by atoms with Crippen molar-refractivity contribution >= 4 is 52.8 Å². The lowest BCUT2D eigenvalue weighted by Crippen LogP contribution is -2.40. The summed E-state index contributed by atoms with van der Waals surface area (Å²) >= 11 is 12.9. The van der Waals surface area contributed by atoms with Gasteiger partial charge in [-0.05, 0) is 18.1 Å². The topological polar surface area (TPSA) is 95.9 Å². The van der Waals surface area contributed by atoms with E-state index >= 15 is 0 Å². The number of hydrogen-bond donors (Lipinski definition) is 2. The maximum absolute atomic E-state index is 12.9. The minimum atomic E-state index is -3.98. The van der Waals surface area contributed by atoms with Crippen molar-refractivity contribution in [1.29, 1.82) is 0 Å². The summed E-state index contributed by atoms with van der Waals surface area (Å²) in [6.07, 6.45) is 0.656. The van der Waals surface area contributed by atoms with Crippen molar-refractivity contribution in [2.45, 2.75) is 18.7 Å². The van der Waals surface area contributed by atoms with E-state index in [0.29, 0.717) is 43.6 Å². The summed E-state index contributed by atoms with van der Waals surface area (Å²) in [6.45, 7) is 2.88. The van der Waals surface area contributed by atoms with Gasteiger partial charge >= 0.3 is 7.67 Å². The maximum atomic E-state index is 12.9. The van der Waals surface area contributed by atoms with Gasteiger partial charge in [0.1, 0.15) is 0 Å². The molecule has 0 amide bonds. The van der Waals surface area contributed by atoms with E-state index in [1.807, 2.05) is 0 Å². The number of nitrogens with one attached hydrogen (secondary N) is 1. The molecular weight excluding hydrogens is 406 g/mol. The number of rotatable bonds is 10. The van der Waals surface area contributed by atoms with Crippen molar-refractivity contribution in [3.05, 3.63) is 0 Å². The molecule has 1 heterocycles. The molecule has 0 radical (unpaired) electrons. The number of halogens is 2. The van der Waals surface area contributed by atoms with E-state index in [2.05, 4.69) is 5.09 Å². The highest BCUT2D eigenvalue weighted by atomic mass is 35.5. The summed E-state index contributed by atoms with van der Waals surface area (Å²) in [6, 6.07) is 0. The second kappa shape index (κ2) is 10.2. The SMILES string of the molecule is CC(CSC1CCOP(=O)(N(CCCl)CCCl)N1)CS(=O)(=O)O. The smallest absolute Gasteiger partial charge is 0.306 e. The van der Waals surface area contributed by atoms with Gasteiger partial charge in [0.05, 0.1) is 17.7 Å². The fourth-order valence-corrected chi connectivity index (χ4v) is 7.35. The zero-order valence-corrected chi connectivity index (χ0v) is 16.9. The zero-order chi connectivity index (χ0) is 17.5. The van der Waals surface area contributed by atoms with E-state index in [1.54, 1.807) is 11.6 Å². The minimum absolute atomic E-state index is 0.119. The molecule has 1 aliphatic rings. The monoisotopic (exact) mass is 428 g/mol. The normalized spacial score (nSPS) is 27.3. The Kier molecular flexibility index (Phi) is 9.74. The molecule has 7 nitrogen and oxygen atoms in total. The van der Waals surface area contributed by atoms with E-state index < -0.39 is 17.8 Å². The third-order valence-electron chi connectivity index (χ3n) is 3.09. The van der Waals surface area contributed by atoms with Crippen LogP contribution < -0.4 is 5.09 Å². The Morgan fingerprint density at radius 1 is 1.43 bits per heavy atom. The predicted octanol–water partition coefficient (Wildman–Crippen LogP) is 2.47. The Bertz CT molecular complexity index is 505. The van der Waals surface area contributed by atoms with Gasteiger partial charge in [0.2, 0.25) is 0 Å². The van der Waals surface area contributed by atoms with Crippen LogP contribution in [0.5, 0.6) is 0 Å². The first-order valence-corrected chi connectivity index (χ1v) is 12.5. The van der Waals surface area contributed by atoms with Gasteiger partial charge in [0.15, 0.2) is 0 Å². The fraction of sp³-hybridized carbons (Fsp3) is 1.00. The van der Waals surface area contributed by atoms with Crippen LogP contribution in [-0.2, 0) is 19.2 Å². The molecule has 1 fully saturated rings. The molecule has 138 valence electrons. The molecule has 1 aliphatic heterocycles. The van der Waals surface area contributed by atoms with E-state index in [0.717, 1.165) is 0 Å². The summed E-state index contributed by atoms with van der Waals surface area (Å²) in [5, 5.41) is 2.89. The molecule has 3 unspecified atom stereocenters. The molecule has 1 rings (SSSR count). The number of thioether (sulfide) groups is 1. The van der Waals surface area contributed by atoms with E-state index in [1.165, 1.54) is 11.8 Å². The Hall–Kier alpha value is 0.950. The molecule has 0 aromatic carbocycles. The molecule has 3 atom stereocenters. The lowest BCUT2D eigenvalue weighted by atomic mass is 10.3. The van der Waals surface area contributed by atoms with Gasteiger partial charge in [-0.3, -0.25) is 9.12 Å². The van der Waals surface area contributed by atoms with Crippen molar-refractivity contribution < 1.29 is 22.1 Å². The third kappa shape index (κ3) is 8.25. The van der Waals surface area contributed by atoms with Gasteiger partial charge in [0, 0.05) is 24.8 Å². The van der Waals surface area contributed by atoms with Crippen LogP contribution in [0.25, 0.3) is 0 Å². The second-order valence-corrected chi connectivity index (χ2v) is 10.9. The lowest BCUT2D eigenvalue weighted by Gasteiger charge is -2.37.